The van der Waals surface area contributed by atoms with Crippen LogP contribution in [0.3, 0.4) is 0 Å². The van der Waals surface area contributed by atoms with Crippen LogP contribution in [0.15, 0.2) is 18.2 Å². The molecule has 2 rings (SSSR count). The van der Waals surface area contributed by atoms with Gasteiger partial charge >= 0.3 is 0 Å². The third-order valence-electron chi connectivity index (χ3n) is 2.20. The molecule has 1 aliphatic rings. The van der Waals surface area contributed by atoms with Crippen molar-refractivity contribution in [1.82, 2.24) is 0 Å². The standard InChI is InChI=1S/C11H12N2O4/c12-10(14)3-4-16-7-1-2-9-8(5-7)13-11(15)6-17-9/h1-2,5H,3-4,6H2,(H2,12,14)(H,13,15). The van der Waals surface area contributed by atoms with E-state index in [0.717, 1.165) is 0 Å². The summed E-state index contributed by atoms with van der Waals surface area (Å²) in [6.45, 7) is 0.234. The summed E-state index contributed by atoms with van der Waals surface area (Å²) >= 11 is 0. The highest BCUT2D eigenvalue weighted by Crippen LogP contribution is 2.31. The number of amides is 2. The zero-order valence-corrected chi connectivity index (χ0v) is 9.06. The van der Waals surface area contributed by atoms with Gasteiger partial charge in [0.2, 0.25) is 5.91 Å². The van der Waals surface area contributed by atoms with Crippen LogP contribution in [0.25, 0.3) is 0 Å². The van der Waals surface area contributed by atoms with Gasteiger partial charge in [-0.3, -0.25) is 9.59 Å². The van der Waals surface area contributed by atoms with Crippen molar-refractivity contribution < 1.29 is 19.1 Å². The summed E-state index contributed by atoms with van der Waals surface area (Å²) < 4.78 is 10.5. The minimum absolute atomic E-state index is 0.0227. The molecule has 0 bridgehead atoms. The van der Waals surface area contributed by atoms with Crippen molar-refractivity contribution in [2.45, 2.75) is 6.42 Å². The number of nitrogens with one attached hydrogen (secondary N) is 1. The van der Waals surface area contributed by atoms with Crippen molar-refractivity contribution in [3.05, 3.63) is 18.2 Å². The lowest BCUT2D eigenvalue weighted by Gasteiger charge is -2.18. The Labute approximate surface area is 97.7 Å². The van der Waals surface area contributed by atoms with E-state index < -0.39 is 5.91 Å². The van der Waals surface area contributed by atoms with Crippen molar-refractivity contribution in [2.24, 2.45) is 5.73 Å². The first-order valence-corrected chi connectivity index (χ1v) is 5.13. The van der Waals surface area contributed by atoms with E-state index in [9.17, 15) is 9.59 Å². The number of carbonyl (C=O) groups is 2. The third kappa shape index (κ3) is 2.87. The summed E-state index contributed by atoms with van der Waals surface area (Å²) in [7, 11) is 0. The molecule has 1 aliphatic heterocycles. The summed E-state index contributed by atoms with van der Waals surface area (Å²) in [6, 6.07) is 5.05. The van der Waals surface area contributed by atoms with Crippen LogP contribution in [0.5, 0.6) is 11.5 Å². The molecule has 0 saturated carbocycles. The Morgan fingerprint density at radius 2 is 2.35 bits per heavy atom. The van der Waals surface area contributed by atoms with Crippen LogP contribution < -0.4 is 20.5 Å². The molecular formula is C11H12N2O4. The van der Waals surface area contributed by atoms with Crippen molar-refractivity contribution in [1.29, 1.82) is 0 Å². The summed E-state index contributed by atoms with van der Waals surface area (Å²) in [5, 5.41) is 2.66. The highest BCUT2D eigenvalue weighted by atomic mass is 16.5. The second-order valence-corrected chi connectivity index (χ2v) is 3.56. The van der Waals surface area contributed by atoms with Crippen LogP contribution in [-0.4, -0.2) is 25.0 Å². The molecule has 3 N–H and O–H groups in total. The molecular weight excluding hydrogens is 224 g/mol. The number of carbonyl (C=O) groups excluding carboxylic acids is 2. The molecule has 0 spiro atoms. The number of hydrogen-bond acceptors (Lipinski definition) is 4. The number of anilines is 1. The van der Waals surface area contributed by atoms with E-state index in [1.165, 1.54) is 0 Å². The van der Waals surface area contributed by atoms with Crippen LogP contribution in [-0.2, 0) is 9.59 Å². The van der Waals surface area contributed by atoms with Crippen LogP contribution in [0.4, 0.5) is 5.69 Å². The van der Waals surface area contributed by atoms with Crippen LogP contribution in [0, 0.1) is 0 Å². The summed E-state index contributed by atoms with van der Waals surface area (Å²) in [5.74, 6) is 0.536. The maximum Gasteiger partial charge on any atom is 0.262 e. The Bertz CT molecular complexity index is 459. The number of benzene rings is 1. The molecule has 6 heteroatoms. The van der Waals surface area contributed by atoms with Crippen molar-refractivity contribution in [3.8, 4) is 11.5 Å². The predicted octanol–water partition coefficient (Wildman–Crippen LogP) is 0.272. The minimum atomic E-state index is -0.417. The van der Waals surface area contributed by atoms with E-state index >= 15 is 0 Å². The highest BCUT2D eigenvalue weighted by Gasteiger charge is 2.16. The Hall–Kier alpha value is -2.24. The van der Waals surface area contributed by atoms with Gasteiger partial charge in [0.05, 0.1) is 18.7 Å². The molecule has 90 valence electrons. The van der Waals surface area contributed by atoms with Gasteiger partial charge in [0, 0.05) is 6.07 Å². The Morgan fingerprint density at radius 3 is 3.12 bits per heavy atom. The fourth-order valence-corrected chi connectivity index (χ4v) is 1.42. The van der Waals surface area contributed by atoms with Crippen LogP contribution in [0.1, 0.15) is 6.42 Å². The topological polar surface area (TPSA) is 90.7 Å². The monoisotopic (exact) mass is 236 g/mol. The first kappa shape index (κ1) is 11.3. The van der Waals surface area contributed by atoms with E-state index in [1.54, 1.807) is 18.2 Å². The second kappa shape index (κ2) is 4.73. The van der Waals surface area contributed by atoms with Gasteiger partial charge in [0.25, 0.3) is 5.91 Å². The number of primary amides is 1. The average molecular weight is 236 g/mol. The molecule has 17 heavy (non-hydrogen) atoms. The molecule has 1 heterocycles. The number of nitrogens with two attached hydrogens (primary N) is 1. The van der Waals surface area contributed by atoms with Crippen molar-refractivity contribution in [3.63, 3.8) is 0 Å². The maximum atomic E-state index is 11.1. The molecule has 0 aromatic heterocycles. The number of hydrogen-bond donors (Lipinski definition) is 2. The van der Waals surface area contributed by atoms with Crippen molar-refractivity contribution >= 4 is 17.5 Å². The zero-order chi connectivity index (χ0) is 12.3. The van der Waals surface area contributed by atoms with E-state index in [2.05, 4.69) is 5.32 Å². The lowest BCUT2D eigenvalue weighted by molar-refractivity contribution is -0.119. The van der Waals surface area contributed by atoms with E-state index in [-0.39, 0.29) is 25.5 Å². The molecule has 6 nitrogen and oxygen atoms in total. The number of fused-ring (bicyclic) bond motifs is 1. The Morgan fingerprint density at radius 1 is 1.53 bits per heavy atom. The summed E-state index contributed by atoms with van der Waals surface area (Å²) in [6.07, 6.45) is 0.153. The number of ether oxygens (including phenoxy) is 2. The molecule has 1 aromatic carbocycles. The largest absolute Gasteiger partial charge is 0.493 e. The predicted molar refractivity (Wildman–Crippen MR) is 59.9 cm³/mol. The van der Waals surface area contributed by atoms with E-state index in [1.807, 2.05) is 0 Å². The fourth-order valence-electron chi connectivity index (χ4n) is 1.42. The molecule has 2 amide bonds. The van der Waals surface area contributed by atoms with Gasteiger partial charge in [-0.2, -0.15) is 0 Å². The Kier molecular flexibility index (Phi) is 3.13. The van der Waals surface area contributed by atoms with E-state index in [4.69, 9.17) is 15.2 Å². The Balaban J connectivity index is 2.02. The normalized spacial score (nSPS) is 13.3. The second-order valence-electron chi connectivity index (χ2n) is 3.56. The summed E-state index contributed by atoms with van der Waals surface area (Å²) in [4.78, 5) is 21.6. The molecule has 0 unspecified atom stereocenters. The molecule has 0 saturated heterocycles. The third-order valence-corrected chi connectivity index (χ3v) is 2.20. The van der Waals surface area contributed by atoms with Crippen molar-refractivity contribution in [2.75, 3.05) is 18.5 Å². The number of rotatable bonds is 4. The van der Waals surface area contributed by atoms with Gasteiger partial charge in [-0.1, -0.05) is 0 Å². The van der Waals surface area contributed by atoms with Crippen LogP contribution >= 0.6 is 0 Å². The first-order chi connectivity index (χ1) is 8.15. The fraction of sp³-hybridized carbons (Fsp3) is 0.273. The maximum absolute atomic E-state index is 11.1. The molecule has 0 aliphatic carbocycles. The van der Waals surface area contributed by atoms with Gasteiger partial charge in [-0.05, 0) is 12.1 Å². The first-order valence-electron chi connectivity index (χ1n) is 5.13. The molecule has 0 radical (unpaired) electrons. The molecule has 0 atom stereocenters. The highest BCUT2D eigenvalue weighted by molar-refractivity contribution is 5.95. The quantitative estimate of drug-likeness (QED) is 0.785. The van der Waals surface area contributed by atoms with Gasteiger partial charge in [-0.15, -0.1) is 0 Å². The minimum Gasteiger partial charge on any atom is -0.493 e. The van der Waals surface area contributed by atoms with Gasteiger partial charge in [-0.25, -0.2) is 0 Å². The smallest absolute Gasteiger partial charge is 0.262 e. The lowest BCUT2D eigenvalue weighted by atomic mass is 10.2. The van der Waals surface area contributed by atoms with Gasteiger partial charge in [0.15, 0.2) is 6.61 Å². The van der Waals surface area contributed by atoms with Gasteiger partial charge in [0.1, 0.15) is 11.5 Å². The van der Waals surface area contributed by atoms with E-state index in [0.29, 0.717) is 17.2 Å². The molecule has 1 aromatic rings. The SMILES string of the molecule is NC(=O)CCOc1ccc2c(c1)NC(=O)CO2. The lowest BCUT2D eigenvalue weighted by Crippen LogP contribution is -2.25. The zero-order valence-electron chi connectivity index (χ0n) is 9.06. The average Bonchev–Trinajstić information content (AvgIpc) is 2.28. The molecule has 0 fully saturated rings. The summed E-state index contributed by atoms with van der Waals surface area (Å²) in [5.41, 5.74) is 5.56. The van der Waals surface area contributed by atoms with Crippen LogP contribution in [0.2, 0.25) is 0 Å². The van der Waals surface area contributed by atoms with Gasteiger partial charge < -0.3 is 20.5 Å².